The van der Waals surface area contributed by atoms with Crippen LogP contribution in [0.15, 0.2) is 47.4 Å². The molecule has 2 aliphatic rings. The van der Waals surface area contributed by atoms with Crippen LogP contribution in [0.5, 0.6) is 5.75 Å². The van der Waals surface area contributed by atoms with Gasteiger partial charge < -0.3 is 10.1 Å². The number of para-hydroxylation sites is 1. The van der Waals surface area contributed by atoms with E-state index >= 15 is 0 Å². The van der Waals surface area contributed by atoms with E-state index in [9.17, 15) is 22.0 Å². The number of piperidine rings is 1. The minimum absolute atomic E-state index is 0. The van der Waals surface area contributed by atoms with E-state index in [1.165, 1.54) is 30.5 Å². The van der Waals surface area contributed by atoms with Gasteiger partial charge in [-0.1, -0.05) is 18.2 Å². The Hall–Kier alpha value is -2.47. The average Bonchev–Trinajstić information content (AvgIpc) is 3.24. The van der Waals surface area contributed by atoms with Crippen LogP contribution < -0.4 is 15.0 Å². The third-order valence-electron chi connectivity index (χ3n) is 6.39. The summed E-state index contributed by atoms with van der Waals surface area (Å²) in [4.78, 5) is 17.1. The van der Waals surface area contributed by atoms with Crippen LogP contribution in [0.3, 0.4) is 0 Å². The monoisotopic (exact) mass is 544 g/mol. The molecule has 0 radical (unpaired) electrons. The van der Waals surface area contributed by atoms with Gasteiger partial charge in [0.15, 0.2) is 0 Å². The van der Waals surface area contributed by atoms with Crippen LogP contribution >= 0.6 is 12.4 Å². The van der Waals surface area contributed by atoms with Crippen molar-refractivity contribution in [3.63, 3.8) is 0 Å². The maximum absolute atomic E-state index is 13.1. The number of urea groups is 1. The van der Waals surface area contributed by atoms with E-state index in [1.54, 1.807) is 35.2 Å². The van der Waals surface area contributed by atoms with Crippen molar-refractivity contribution in [2.24, 2.45) is 0 Å². The first-order chi connectivity index (χ1) is 16.6. The lowest BCUT2D eigenvalue weighted by atomic mass is 10.0. The third kappa shape index (κ3) is 6.26. The van der Waals surface area contributed by atoms with Crippen molar-refractivity contribution in [3.8, 4) is 5.75 Å². The number of hydrogen-bond acceptors (Lipinski definition) is 5. The van der Waals surface area contributed by atoms with Gasteiger partial charge >= 0.3 is 12.6 Å². The molecule has 0 bridgehead atoms. The molecule has 8 nitrogen and oxygen atoms in total. The van der Waals surface area contributed by atoms with E-state index in [0.717, 1.165) is 24.9 Å². The second-order valence-electron chi connectivity index (χ2n) is 8.99. The molecular weight excluding hydrogens is 514 g/mol. The second-order valence-corrected chi connectivity index (χ2v) is 11.1. The smallest absolute Gasteiger partial charge is 0.387 e. The van der Waals surface area contributed by atoms with Crippen LogP contribution in [0.1, 0.15) is 24.0 Å². The number of rotatable bonds is 7. The van der Waals surface area contributed by atoms with E-state index in [1.807, 2.05) is 0 Å². The Morgan fingerprint density at radius 2 is 1.94 bits per heavy atom. The number of hydrogen-bond donors (Lipinski definition) is 1. The standard InChI is InChI=1S/C24H30F2N4O4S.ClH/c1-28(2)35(32,33)20-9-10-21-17(14-20)11-13-30(21)24(31)27-19-7-5-12-29(16-19)15-18-6-3-4-8-22(18)34-23(25)26;/h3-4,6,8-10,14,19,23H,5,7,11-13,15-16H2,1-2H3,(H,27,31);1H. The van der Waals surface area contributed by atoms with E-state index < -0.39 is 16.6 Å². The molecule has 2 heterocycles. The Bertz CT molecular complexity index is 1180. The van der Waals surface area contributed by atoms with Gasteiger partial charge in [0.25, 0.3) is 0 Å². The molecule has 36 heavy (non-hydrogen) atoms. The van der Waals surface area contributed by atoms with Gasteiger partial charge in [-0.25, -0.2) is 17.5 Å². The number of carbonyl (C=O) groups excluding carboxylic acids is 1. The van der Waals surface area contributed by atoms with E-state index in [0.29, 0.717) is 37.3 Å². The normalized spacial score (nSPS) is 18.2. The fourth-order valence-electron chi connectivity index (χ4n) is 4.62. The predicted molar refractivity (Wildman–Crippen MR) is 136 cm³/mol. The summed E-state index contributed by atoms with van der Waals surface area (Å²) >= 11 is 0. The maximum Gasteiger partial charge on any atom is 0.387 e. The summed E-state index contributed by atoms with van der Waals surface area (Å²) in [5, 5.41) is 3.09. The summed E-state index contributed by atoms with van der Waals surface area (Å²) in [5.41, 5.74) is 2.21. The van der Waals surface area contributed by atoms with Crippen molar-refractivity contribution in [1.29, 1.82) is 0 Å². The molecule has 1 saturated heterocycles. The summed E-state index contributed by atoms with van der Waals surface area (Å²) in [6.07, 6.45) is 2.26. The number of benzene rings is 2. The fourth-order valence-corrected chi connectivity index (χ4v) is 5.57. The molecule has 2 aliphatic heterocycles. The summed E-state index contributed by atoms with van der Waals surface area (Å²) in [7, 11) is -0.570. The van der Waals surface area contributed by atoms with Crippen LogP contribution in [-0.4, -0.2) is 70.0 Å². The van der Waals surface area contributed by atoms with Gasteiger partial charge in [0.05, 0.1) is 4.90 Å². The summed E-state index contributed by atoms with van der Waals surface area (Å²) in [6.45, 7) is -0.570. The maximum atomic E-state index is 13.1. The van der Waals surface area contributed by atoms with Gasteiger partial charge in [-0.3, -0.25) is 9.80 Å². The molecule has 0 spiro atoms. The molecule has 0 saturated carbocycles. The van der Waals surface area contributed by atoms with Gasteiger partial charge in [0, 0.05) is 51.0 Å². The van der Waals surface area contributed by atoms with Crippen LogP contribution in [-0.2, 0) is 23.0 Å². The van der Waals surface area contributed by atoms with Crippen molar-refractivity contribution in [2.45, 2.75) is 43.4 Å². The number of alkyl halides is 2. The highest BCUT2D eigenvalue weighted by molar-refractivity contribution is 7.89. The number of likely N-dealkylation sites (tertiary alicyclic amines) is 1. The third-order valence-corrected chi connectivity index (χ3v) is 8.20. The Morgan fingerprint density at radius 1 is 1.19 bits per heavy atom. The molecule has 1 N–H and O–H groups in total. The molecule has 1 atom stereocenters. The van der Waals surface area contributed by atoms with Crippen molar-refractivity contribution < 1.29 is 26.7 Å². The van der Waals surface area contributed by atoms with E-state index in [4.69, 9.17) is 0 Å². The molecule has 198 valence electrons. The van der Waals surface area contributed by atoms with Crippen LogP contribution in [0, 0.1) is 0 Å². The molecule has 2 aromatic rings. The number of carbonyl (C=O) groups is 1. The lowest BCUT2D eigenvalue weighted by Gasteiger charge is -2.34. The van der Waals surface area contributed by atoms with Gasteiger partial charge in [0.2, 0.25) is 10.0 Å². The number of halogens is 3. The highest BCUT2D eigenvalue weighted by Crippen LogP contribution is 2.31. The van der Waals surface area contributed by atoms with Gasteiger partial charge in [0.1, 0.15) is 5.75 Å². The Balaban J connectivity index is 0.00000361. The quantitative estimate of drug-likeness (QED) is 0.575. The SMILES string of the molecule is CN(C)S(=O)(=O)c1ccc2c(c1)CCN2C(=O)NC1CCCN(Cc2ccccc2OC(F)F)C1.Cl. The molecule has 4 rings (SSSR count). The van der Waals surface area contributed by atoms with E-state index in [-0.39, 0.29) is 35.1 Å². The molecule has 2 amide bonds. The molecule has 1 fully saturated rings. The first-order valence-corrected chi connectivity index (χ1v) is 13.0. The number of anilines is 1. The van der Waals surface area contributed by atoms with Crippen LogP contribution in [0.4, 0.5) is 19.3 Å². The average molecular weight is 545 g/mol. The predicted octanol–water partition coefficient (Wildman–Crippen LogP) is 3.70. The number of sulfonamides is 1. The summed E-state index contributed by atoms with van der Waals surface area (Å²) in [5.74, 6) is 0.165. The first kappa shape index (κ1) is 28.1. The topological polar surface area (TPSA) is 82.2 Å². The minimum Gasteiger partial charge on any atom is -0.434 e. The largest absolute Gasteiger partial charge is 0.434 e. The van der Waals surface area contributed by atoms with Crippen LogP contribution in [0.2, 0.25) is 0 Å². The summed E-state index contributed by atoms with van der Waals surface area (Å²) < 4.78 is 56.1. The van der Waals surface area contributed by atoms with Gasteiger partial charge in [-0.05, 0) is 55.6 Å². The second kappa shape index (κ2) is 11.7. The first-order valence-electron chi connectivity index (χ1n) is 11.5. The lowest BCUT2D eigenvalue weighted by Crippen LogP contribution is -2.51. The molecule has 1 unspecified atom stereocenters. The Labute approximate surface area is 216 Å². The van der Waals surface area contributed by atoms with Crippen molar-refractivity contribution in [1.82, 2.24) is 14.5 Å². The van der Waals surface area contributed by atoms with Gasteiger partial charge in [-0.2, -0.15) is 8.78 Å². The molecule has 0 aromatic heterocycles. The highest BCUT2D eigenvalue weighted by atomic mass is 35.5. The van der Waals surface area contributed by atoms with Gasteiger partial charge in [-0.15, -0.1) is 12.4 Å². The number of ether oxygens (including phenoxy) is 1. The molecule has 0 aliphatic carbocycles. The summed E-state index contributed by atoms with van der Waals surface area (Å²) in [6, 6.07) is 11.3. The highest BCUT2D eigenvalue weighted by Gasteiger charge is 2.30. The number of nitrogens with one attached hydrogen (secondary N) is 1. The number of amides is 2. The fraction of sp³-hybridized carbons (Fsp3) is 0.458. The molecule has 12 heteroatoms. The molecular formula is C24H31ClF2N4O4S. The molecule has 2 aromatic carbocycles. The zero-order valence-corrected chi connectivity index (χ0v) is 21.8. The van der Waals surface area contributed by atoms with Crippen molar-refractivity contribution >= 4 is 34.1 Å². The van der Waals surface area contributed by atoms with Crippen molar-refractivity contribution in [2.75, 3.05) is 38.6 Å². The van der Waals surface area contributed by atoms with Crippen LogP contribution in [0.25, 0.3) is 0 Å². The zero-order chi connectivity index (χ0) is 25.2. The number of nitrogens with zero attached hydrogens (tertiary/aromatic N) is 3. The van der Waals surface area contributed by atoms with E-state index in [2.05, 4.69) is 15.0 Å². The lowest BCUT2D eigenvalue weighted by molar-refractivity contribution is -0.0508. The Morgan fingerprint density at radius 3 is 2.67 bits per heavy atom. The minimum atomic E-state index is -3.54. The number of fused-ring (bicyclic) bond motifs is 1. The zero-order valence-electron chi connectivity index (χ0n) is 20.2. The Kier molecular flexibility index (Phi) is 9.15. The van der Waals surface area contributed by atoms with Crippen molar-refractivity contribution in [3.05, 3.63) is 53.6 Å².